The van der Waals surface area contributed by atoms with E-state index in [9.17, 15) is 9.59 Å². The van der Waals surface area contributed by atoms with E-state index in [0.717, 1.165) is 48.5 Å². The summed E-state index contributed by atoms with van der Waals surface area (Å²) in [5.74, 6) is 0.0429. The lowest BCUT2D eigenvalue weighted by atomic mass is 10.1. The van der Waals surface area contributed by atoms with Gasteiger partial charge in [0.05, 0.1) is 5.69 Å². The Balaban J connectivity index is 1.88. The molecule has 1 aromatic heterocycles. The highest BCUT2D eigenvalue weighted by molar-refractivity contribution is 7.07. The van der Waals surface area contributed by atoms with Crippen LogP contribution in [0.1, 0.15) is 18.4 Å². The predicted octanol–water partition coefficient (Wildman–Crippen LogP) is 2.51. The Morgan fingerprint density at radius 3 is 2.52 bits per heavy atom. The Bertz CT molecular complexity index is 694. The summed E-state index contributed by atoms with van der Waals surface area (Å²) in [6, 6.07) is 8.02. The lowest BCUT2D eigenvalue weighted by Crippen LogP contribution is -2.33. The minimum atomic E-state index is -0.0712. The van der Waals surface area contributed by atoms with Crippen molar-refractivity contribution in [2.75, 3.05) is 13.1 Å². The van der Waals surface area contributed by atoms with Crippen LogP contribution in [0.5, 0.6) is 0 Å². The van der Waals surface area contributed by atoms with Crippen LogP contribution in [0, 0.1) is 6.92 Å². The number of aromatic nitrogens is 1. The zero-order valence-corrected chi connectivity index (χ0v) is 12.9. The summed E-state index contributed by atoms with van der Waals surface area (Å²) >= 11 is 1.15. The van der Waals surface area contributed by atoms with Crippen LogP contribution in [0.4, 0.5) is 0 Å². The summed E-state index contributed by atoms with van der Waals surface area (Å²) in [5.41, 5.74) is 2.99. The van der Waals surface area contributed by atoms with Crippen LogP contribution in [0.25, 0.3) is 11.3 Å². The minimum Gasteiger partial charge on any atom is -0.341 e. The topological polar surface area (TPSA) is 42.3 Å². The van der Waals surface area contributed by atoms with Gasteiger partial charge in [-0.3, -0.25) is 14.2 Å². The molecule has 1 aliphatic heterocycles. The SMILES string of the molecule is Cc1ccc(-c2csc(=O)n2CC(=O)N2CCCC2)cc1. The van der Waals surface area contributed by atoms with Gasteiger partial charge in [-0.05, 0) is 25.3 Å². The van der Waals surface area contributed by atoms with Gasteiger partial charge in [0.15, 0.2) is 0 Å². The zero-order chi connectivity index (χ0) is 14.8. The van der Waals surface area contributed by atoms with Crippen LogP contribution >= 0.6 is 11.3 Å². The fraction of sp³-hybridized carbons (Fsp3) is 0.375. The maximum absolute atomic E-state index is 12.3. The summed E-state index contributed by atoms with van der Waals surface area (Å²) in [5, 5.41) is 1.84. The summed E-state index contributed by atoms with van der Waals surface area (Å²) in [7, 11) is 0. The molecule has 110 valence electrons. The molecule has 0 atom stereocenters. The van der Waals surface area contributed by atoms with Crippen molar-refractivity contribution in [1.29, 1.82) is 0 Å². The molecule has 1 aliphatic rings. The standard InChI is InChI=1S/C16H18N2O2S/c1-12-4-6-13(7-5-12)14-11-21-16(20)18(14)10-15(19)17-8-2-3-9-17/h4-7,11H,2-3,8-10H2,1H3. The first-order valence-corrected chi connectivity index (χ1v) is 8.06. The summed E-state index contributed by atoms with van der Waals surface area (Å²) in [4.78, 5) is 26.1. The van der Waals surface area contributed by atoms with E-state index in [0.29, 0.717) is 0 Å². The molecular weight excluding hydrogens is 284 g/mol. The molecule has 1 aromatic carbocycles. The lowest BCUT2D eigenvalue weighted by Gasteiger charge is -2.16. The van der Waals surface area contributed by atoms with Gasteiger partial charge in [0.25, 0.3) is 0 Å². The van der Waals surface area contributed by atoms with Crippen LogP contribution in [0.3, 0.4) is 0 Å². The van der Waals surface area contributed by atoms with E-state index in [1.54, 1.807) is 4.57 Å². The van der Waals surface area contributed by atoms with E-state index < -0.39 is 0 Å². The van der Waals surface area contributed by atoms with Gasteiger partial charge in [0.1, 0.15) is 6.54 Å². The second-order valence-electron chi connectivity index (χ2n) is 5.43. The van der Waals surface area contributed by atoms with Crippen molar-refractivity contribution < 1.29 is 4.79 Å². The van der Waals surface area contributed by atoms with Gasteiger partial charge < -0.3 is 4.90 Å². The van der Waals surface area contributed by atoms with Gasteiger partial charge >= 0.3 is 4.87 Å². The quantitative estimate of drug-likeness (QED) is 0.874. The molecule has 4 nitrogen and oxygen atoms in total. The first-order chi connectivity index (χ1) is 10.1. The molecule has 5 heteroatoms. The smallest absolute Gasteiger partial charge is 0.308 e. The van der Waals surface area contributed by atoms with Crippen molar-refractivity contribution in [3.8, 4) is 11.3 Å². The van der Waals surface area contributed by atoms with Crippen LogP contribution < -0.4 is 4.87 Å². The van der Waals surface area contributed by atoms with Gasteiger partial charge in [0, 0.05) is 18.5 Å². The molecule has 0 bridgehead atoms. The molecule has 0 N–H and O–H groups in total. The average Bonchev–Trinajstić information content (AvgIpc) is 3.11. The first-order valence-electron chi connectivity index (χ1n) is 7.18. The number of amides is 1. The minimum absolute atomic E-state index is 0.0429. The third-order valence-corrected chi connectivity index (χ3v) is 4.65. The number of hydrogen-bond donors (Lipinski definition) is 0. The number of carbonyl (C=O) groups is 1. The molecule has 1 amide bonds. The second kappa shape index (κ2) is 5.85. The molecule has 0 saturated carbocycles. The highest BCUT2D eigenvalue weighted by Crippen LogP contribution is 2.21. The lowest BCUT2D eigenvalue weighted by molar-refractivity contribution is -0.130. The second-order valence-corrected chi connectivity index (χ2v) is 6.25. The molecule has 1 fully saturated rings. The molecule has 1 saturated heterocycles. The monoisotopic (exact) mass is 302 g/mol. The van der Waals surface area contributed by atoms with Crippen LogP contribution in [-0.4, -0.2) is 28.5 Å². The van der Waals surface area contributed by atoms with Gasteiger partial charge in [0.2, 0.25) is 5.91 Å². The Morgan fingerprint density at radius 1 is 1.19 bits per heavy atom. The van der Waals surface area contributed by atoms with E-state index in [2.05, 4.69) is 0 Å². The first kappa shape index (κ1) is 14.1. The predicted molar refractivity (Wildman–Crippen MR) is 84.6 cm³/mol. The number of thiazole rings is 1. The van der Waals surface area contributed by atoms with Gasteiger partial charge in [-0.2, -0.15) is 0 Å². The molecule has 0 spiro atoms. The number of aryl methyl sites for hydroxylation is 1. The molecule has 0 unspecified atom stereocenters. The summed E-state index contributed by atoms with van der Waals surface area (Å²) in [6.07, 6.45) is 2.13. The van der Waals surface area contributed by atoms with E-state index in [1.807, 2.05) is 41.5 Å². The van der Waals surface area contributed by atoms with E-state index in [-0.39, 0.29) is 17.3 Å². The molecule has 0 aliphatic carbocycles. The average molecular weight is 302 g/mol. The Hall–Kier alpha value is -1.88. The molecular formula is C16H18N2O2S. The van der Waals surface area contributed by atoms with E-state index >= 15 is 0 Å². The summed E-state index contributed by atoms with van der Waals surface area (Å²) in [6.45, 7) is 3.81. The Morgan fingerprint density at radius 2 is 1.86 bits per heavy atom. The van der Waals surface area contributed by atoms with Crippen molar-refractivity contribution in [2.24, 2.45) is 0 Å². The van der Waals surface area contributed by atoms with E-state index in [4.69, 9.17) is 0 Å². The van der Waals surface area contributed by atoms with E-state index in [1.165, 1.54) is 5.56 Å². The normalized spacial score (nSPS) is 14.6. The van der Waals surface area contributed by atoms with Gasteiger partial charge in [-0.15, -0.1) is 0 Å². The highest BCUT2D eigenvalue weighted by Gasteiger charge is 2.20. The maximum Gasteiger partial charge on any atom is 0.308 e. The van der Waals surface area contributed by atoms with Crippen LogP contribution in [0.15, 0.2) is 34.4 Å². The van der Waals surface area contributed by atoms with Crippen molar-refractivity contribution >= 4 is 17.2 Å². The molecule has 21 heavy (non-hydrogen) atoms. The fourth-order valence-corrected chi connectivity index (χ4v) is 3.40. The fourth-order valence-electron chi connectivity index (χ4n) is 2.63. The zero-order valence-electron chi connectivity index (χ0n) is 12.0. The number of hydrogen-bond acceptors (Lipinski definition) is 3. The van der Waals surface area contributed by atoms with Crippen LogP contribution in [0.2, 0.25) is 0 Å². The molecule has 2 heterocycles. The third kappa shape index (κ3) is 2.93. The van der Waals surface area contributed by atoms with Crippen molar-refractivity contribution in [2.45, 2.75) is 26.3 Å². The third-order valence-electron chi connectivity index (χ3n) is 3.88. The largest absolute Gasteiger partial charge is 0.341 e. The Labute approximate surface area is 127 Å². The molecule has 3 rings (SSSR count). The number of likely N-dealkylation sites (tertiary alicyclic amines) is 1. The van der Waals surface area contributed by atoms with Gasteiger partial charge in [-0.25, -0.2) is 0 Å². The molecule has 0 radical (unpaired) electrons. The number of rotatable bonds is 3. The maximum atomic E-state index is 12.3. The number of carbonyl (C=O) groups excluding carboxylic acids is 1. The van der Waals surface area contributed by atoms with Gasteiger partial charge in [-0.1, -0.05) is 41.2 Å². The van der Waals surface area contributed by atoms with Crippen LogP contribution in [-0.2, 0) is 11.3 Å². The highest BCUT2D eigenvalue weighted by atomic mass is 32.1. The van der Waals surface area contributed by atoms with Crippen molar-refractivity contribution in [1.82, 2.24) is 9.47 Å². The Kier molecular flexibility index (Phi) is 3.92. The number of benzene rings is 1. The van der Waals surface area contributed by atoms with Crippen molar-refractivity contribution in [3.05, 3.63) is 44.9 Å². The summed E-state index contributed by atoms with van der Waals surface area (Å²) < 4.78 is 1.59. The number of nitrogens with zero attached hydrogens (tertiary/aromatic N) is 2. The van der Waals surface area contributed by atoms with Crippen molar-refractivity contribution in [3.63, 3.8) is 0 Å². The molecule has 2 aromatic rings.